The van der Waals surface area contributed by atoms with E-state index < -0.39 is 23.8 Å². The molecule has 0 saturated heterocycles. The van der Waals surface area contributed by atoms with Gasteiger partial charge in [-0.05, 0) is 31.9 Å². The molecule has 1 atom stereocenters. The van der Waals surface area contributed by atoms with Gasteiger partial charge in [-0.1, -0.05) is 34.7 Å². The van der Waals surface area contributed by atoms with E-state index in [0.717, 1.165) is 11.1 Å². The SMILES string of the molecule is CNC(=O)c1cn(CCC(F)Cn2cc(C(=O)NCc3cccc(CNC(=O)OC(C)(C)C)c3)nn2)nn1. The molecular weight excluding hydrogens is 497 g/mol. The number of nitrogens with zero attached hydrogens (tertiary/aromatic N) is 6. The summed E-state index contributed by atoms with van der Waals surface area (Å²) in [5, 5.41) is 23.1. The summed E-state index contributed by atoms with van der Waals surface area (Å²) in [5.41, 5.74) is 1.30. The minimum atomic E-state index is -1.28. The highest BCUT2D eigenvalue weighted by molar-refractivity contribution is 5.92. The summed E-state index contributed by atoms with van der Waals surface area (Å²) in [7, 11) is 1.48. The first-order valence-corrected chi connectivity index (χ1v) is 12.0. The highest BCUT2D eigenvalue weighted by atomic mass is 19.1. The van der Waals surface area contributed by atoms with E-state index in [1.165, 1.54) is 28.8 Å². The minimum absolute atomic E-state index is 0.0615. The van der Waals surface area contributed by atoms with Gasteiger partial charge >= 0.3 is 6.09 Å². The van der Waals surface area contributed by atoms with Crippen LogP contribution in [0.1, 0.15) is 59.3 Å². The van der Waals surface area contributed by atoms with E-state index in [1.807, 2.05) is 24.3 Å². The molecule has 1 unspecified atom stereocenters. The maximum atomic E-state index is 14.5. The average Bonchev–Trinajstić information content (AvgIpc) is 3.53. The summed E-state index contributed by atoms with van der Waals surface area (Å²) in [5.74, 6) is -0.822. The van der Waals surface area contributed by atoms with Crippen molar-refractivity contribution in [2.45, 2.75) is 65.1 Å². The highest BCUT2D eigenvalue weighted by Crippen LogP contribution is 2.09. The van der Waals surface area contributed by atoms with Crippen LogP contribution in [0.4, 0.5) is 9.18 Å². The number of carbonyl (C=O) groups is 3. The minimum Gasteiger partial charge on any atom is -0.444 e. The van der Waals surface area contributed by atoms with Gasteiger partial charge < -0.3 is 20.7 Å². The second-order valence-corrected chi connectivity index (χ2v) is 9.52. The van der Waals surface area contributed by atoms with Crippen LogP contribution in [0.3, 0.4) is 0 Å². The Morgan fingerprint density at radius 3 is 2.24 bits per heavy atom. The van der Waals surface area contributed by atoms with E-state index in [-0.39, 0.29) is 49.9 Å². The summed E-state index contributed by atoms with van der Waals surface area (Å²) in [6.07, 6.45) is 1.14. The number of hydrogen-bond donors (Lipinski definition) is 3. The van der Waals surface area contributed by atoms with Gasteiger partial charge in [-0.15, -0.1) is 10.2 Å². The van der Waals surface area contributed by atoms with Crippen LogP contribution in [0.25, 0.3) is 0 Å². The van der Waals surface area contributed by atoms with Gasteiger partial charge in [0.2, 0.25) is 0 Å². The highest BCUT2D eigenvalue weighted by Gasteiger charge is 2.17. The molecule has 0 fully saturated rings. The van der Waals surface area contributed by atoms with E-state index >= 15 is 0 Å². The van der Waals surface area contributed by atoms with Gasteiger partial charge in [0, 0.05) is 33.1 Å². The molecule has 13 nitrogen and oxygen atoms in total. The Hall–Kier alpha value is -4.36. The van der Waals surface area contributed by atoms with Gasteiger partial charge in [-0.2, -0.15) is 0 Å². The predicted octanol–water partition coefficient (Wildman–Crippen LogP) is 1.61. The quantitative estimate of drug-likeness (QED) is 0.338. The van der Waals surface area contributed by atoms with Crippen molar-refractivity contribution in [3.8, 4) is 0 Å². The number of aryl methyl sites for hydroxylation is 1. The fourth-order valence-electron chi connectivity index (χ4n) is 3.31. The zero-order valence-corrected chi connectivity index (χ0v) is 21.8. The summed E-state index contributed by atoms with van der Waals surface area (Å²) >= 11 is 0. The first kappa shape index (κ1) is 28.2. The van der Waals surface area contributed by atoms with Gasteiger partial charge in [0.15, 0.2) is 11.4 Å². The van der Waals surface area contributed by atoms with Crippen molar-refractivity contribution in [3.63, 3.8) is 0 Å². The molecule has 3 N–H and O–H groups in total. The topological polar surface area (TPSA) is 158 Å². The van der Waals surface area contributed by atoms with Gasteiger partial charge in [-0.25, -0.2) is 13.9 Å². The summed E-state index contributed by atoms with van der Waals surface area (Å²) in [6.45, 7) is 6.00. The van der Waals surface area contributed by atoms with Gasteiger partial charge in [0.25, 0.3) is 11.8 Å². The zero-order valence-electron chi connectivity index (χ0n) is 21.8. The van der Waals surface area contributed by atoms with E-state index in [9.17, 15) is 18.8 Å². The number of alkyl carbamates (subject to hydrolysis) is 1. The Balaban J connectivity index is 1.44. The van der Waals surface area contributed by atoms with Crippen molar-refractivity contribution in [2.75, 3.05) is 7.05 Å². The van der Waals surface area contributed by atoms with Crippen LogP contribution in [0.15, 0.2) is 36.7 Å². The molecule has 14 heteroatoms. The number of halogens is 1. The molecule has 2 aromatic heterocycles. The van der Waals surface area contributed by atoms with Crippen molar-refractivity contribution in [3.05, 3.63) is 59.2 Å². The lowest BCUT2D eigenvalue weighted by Gasteiger charge is -2.19. The second-order valence-electron chi connectivity index (χ2n) is 9.52. The lowest BCUT2D eigenvalue weighted by atomic mass is 10.1. The molecule has 3 amide bonds. The van der Waals surface area contributed by atoms with E-state index in [0.29, 0.717) is 0 Å². The van der Waals surface area contributed by atoms with E-state index in [2.05, 4.69) is 36.6 Å². The van der Waals surface area contributed by atoms with Crippen LogP contribution >= 0.6 is 0 Å². The summed E-state index contributed by atoms with van der Waals surface area (Å²) < 4.78 is 22.3. The molecule has 3 rings (SSSR count). The number of hydrogen-bond acceptors (Lipinski definition) is 8. The third-order valence-corrected chi connectivity index (χ3v) is 5.11. The van der Waals surface area contributed by atoms with Crippen LogP contribution in [0.5, 0.6) is 0 Å². The molecule has 0 saturated carbocycles. The number of aromatic nitrogens is 6. The smallest absolute Gasteiger partial charge is 0.407 e. The average molecular weight is 530 g/mol. The van der Waals surface area contributed by atoms with Crippen LogP contribution in [-0.4, -0.2) is 66.7 Å². The first-order valence-electron chi connectivity index (χ1n) is 12.0. The molecule has 2 heterocycles. The number of alkyl halides is 1. The Morgan fingerprint density at radius 2 is 1.58 bits per heavy atom. The molecule has 1 aromatic carbocycles. The summed E-state index contributed by atoms with van der Waals surface area (Å²) in [4.78, 5) is 35.9. The molecule has 0 aliphatic rings. The lowest BCUT2D eigenvalue weighted by molar-refractivity contribution is 0.0523. The third kappa shape index (κ3) is 8.94. The molecule has 0 spiro atoms. The number of carbonyl (C=O) groups excluding carboxylic acids is 3. The molecule has 0 aliphatic carbocycles. The fourth-order valence-corrected chi connectivity index (χ4v) is 3.31. The monoisotopic (exact) mass is 529 g/mol. The maximum absolute atomic E-state index is 14.5. The molecule has 0 aliphatic heterocycles. The standard InChI is InChI=1S/C24H32FN9O4/c1-24(2,3)38-23(37)28-12-17-7-5-6-16(10-17)11-27-22(36)20-15-34(32-30-20)13-18(25)8-9-33-14-19(29-31-33)21(35)26-4/h5-7,10,14-15,18H,8-9,11-13H2,1-4H3,(H,26,35)(H,27,36)(H,28,37). The van der Waals surface area contributed by atoms with Crippen molar-refractivity contribution in [2.24, 2.45) is 0 Å². The van der Waals surface area contributed by atoms with Crippen LogP contribution in [-0.2, 0) is 30.9 Å². The first-order chi connectivity index (χ1) is 18.0. The van der Waals surface area contributed by atoms with Gasteiger partial charge in [0.05, 0.1) is 18.9 Å². The number of benzene rings is 1. The van der Waals surface area contributed by atoms with E-state index in [4.69, 9.17) is 4.74 Å². The van der Waals surface area contributed by atoms with Crippen LogP contribution in [0, 0.1) is 0 Å². The second kappa shape index (κ2) is 12.7. The Labute approximate surface area is 219 Å². The van der Waals surface area contributed by atoms with Crippen molar-refractivity contribution in [1.82, 2.24) is 45.9 Å². The number of ether oxygens (including phenoxy) is 1. The fraction of sp³-hybridized carbons (Fsp3) is 0.458. The molecule has 0 bridgehead atoms. The predicted molar refractivity (Wildman–Crippen MR) is 134 cm³/mol. The van der Waals surface area contributed by atoms with Gasteiger partial charge in [-0.3, -0.25) is 14.3 Å². The zero-order chi connectivity index (χ0) is 27.7. The molecule has 204 valence electrons. The van der Waals surface area contributed by atoms with E-state index in [1.54, 1.807) is 20.8 Å². The third-order valence-electron chi connectivity index (χ3n) is 5.11. The summed E-state index contributed by atoms with van der Waals surface area (Å²) in [6, 6.07) is 7.37. The largest absolute Gasteiger partial charge is 0.444 e. The molecule has 38 heavy (non-hydrogen) atoms. The maximum Gasteiger partial charge on any atom is 0.407 e. The van der Waals surface area contributed by atoms with Crippen LogP contribution in [0.2, 0.25) is 0 Å². The Kier molecular flexibility index (Phi) is 9.46. The van der Waals surface area contributed by atoms with Crippen molar-refractivity contribution >= 4 is 17.9 Å². The van der Waals surface area contributed by atoms with Crippen molar-refractivity contribution < 1.29 is 23.5 Å². The number of rotatable bonds is 11. The number of amides is 3. The van der Waals surface area contributed by atoms with Crippen LogP contribution < -0.4 is 16.0 Å². The number of nitrogens with one attached hydrogen (secondary N) is 3. The Bertz CT molecular complexity index is 1250. The molecular formula is C24H32FN9O4. The molecule has 0 radical (unpaired) electrons. The lowest BCUT2D eigenvalue weighted by Crippen LogP contribution is -2.32. The normalized spacial score (nSPS) is 12.0. The Morgan fingerprint density at radius 1 is 0.974 bits per heavy atom. The molecule has 3 aromatic rings. The van der Waals surface area contributed by atoms with Gasteiger partial charge in [0.1, 0.15) is 11.8 Å². The van der Waals surface area contributed by atoms with Crippen molar-refractivity contribution in [1.29, 1.82) is 0 Å².